The number of aliphatic hydroxyl groups excluding tert-OH is 2. The zero-order valence-corrected chi connectivity index (χ0v) is 7.70. The van der Waals surface area contributed by atoms with Crippen LogP contribution in [0, 0.1) is 6.92 Å². The van der Waals surface area contributed by atoms with Crippen LogP contribution in [0.1, 0.15) is 16.7 Å². The van der Waals surface area contributed by atoms with Gasteiger partial charge in [0.1, 0.15) is 0 Å². The third-order valence-electron chi connectivity index (χ3n) is 1.96. The lowest BCUT2D eigenvalue weighted by molar-refractivity contribution is 0.281. The number of hydrogen-bond donors (Lipinski definition) is 2. The van der Waals surface area contributed by atoms with Crippen LogP contribution in [0.2, 0.25) is 0 Å². The molecule has 0 aliphatic heterocycles. The molecule has 1 aromatic carbocycles. The van der Waals surface area contributed by atoms with E-state index in [4.69, 9.17) is 10.2 Å². The van der Waals surface area contributed by atoms with Crippen molar-refractivity contribution in [3.05, 3.63) is 41.0 Å². The Hall–Kier alpha value is -1.12. The topological polar surface area (TPSA) is 40.5 Å². The van der Waals surface area contributed by atoms with E-state index in [1.54, 1.807) is 6.08 Å². The van der Waals surface area contributed by atoms with Crippen LogP contribution in [-0.4, -0.2) is 16.8 Å². The number of aryl methyl sites for hydroxylation is 1. The maximum absolute atomic E-state index is 8.99. The minimum Gasteiger partial charge on any atom is -0.392 e. The summed E-state index contributed by atoms with van der Waals surface area (Å²) in [5.74, 6) is 0. The normalized spacial score (nSPS) is 11.0. The van der Waals surface area contributed by atoms with Crippen LogP contribution in [-0.2, 0) is 6.61 Å². The van der Waals surface area contributed by atoms with Gasteiger partial charge in [-0.1, -0.05) is 24.3 Å². The molecule has 0 unspecified atom stereocenters. The van der Waals surface area contributed by atoms with E-state index in [9.17, 15) is 0 Å². The summed E-state index contributed by atoms with van der Waals surface area (Å²) in [6.07, 6.45) is 3.50. The third-order valence-corrected chi connectivity index (χ3v) is 1.96. The highest BCUT2D eigenvalue weighted by Crippen LogP contribution is 2.12. The van der Waals surface area contributed by atoms with E-state index in [2.05, 4.69) is 0 Å². The van der Waals surface area contributed by atoms with Gasteiger partial charge < -0.3 is 10.2 Å². The summed E-state index contributed by atoms with van der Waals surface area (Å²) in [5, 5.41) is 17.6. The first kappa shape index (κ1) is 9.96. The molecule has 0 bridgehead atoms. The molecule has 0 aliphatic carbocycles. The zero-order chi connectivity index (χ0) is 9.68. The Morgan fingerprint density at radius 1 is 1.31 bits per heavy atom. The van der Waals surface area contributed by atoms with Gasteiger partial charge in [-0.2, -0.15) is 0 Å². The zero-order valence-electron chi connectivity index (χ0n) is 7.70. The maximum atomic E-state index is 8.99. The van der Waals surface area contributed by atoms with Gasteiger partial charge in [0.05, 0.1) is 13.2 Å². The molecule has 0 fully saturated rings. The molecule has 2 nitrogen and oxygen atoms in total. The molecule has 0 saturated carbocycles. The molecule has 2 N–H and O–H groups in total. The first-order valence-electron chi connectivity index (χ1n) is 4.25. The van der Waals surface area contributed by atoms with Crippen molar-refractivity contribution in [2.45, 2.75) is 13.5 Å². The molecule has 13 heavy (non-hydrogen) atoms. The lowest BCUT2D eigenvalue weighted by Gasteiger charge is -2.02. The Morgan fingerprint density at radius 3 is 2.69 bits per heavy atom. The van der Waals surface area contributed by atoms with Gasteiger partial charge in [0, 0.05) is 0 Å². The van der Waals surface area contributed by atoms with E-state index >= 15 is 0 Å². The Labute approximate surface area is 78.2 Å². The lowest BCUT2D eigenvalue weighted by atomic mass is 10.1. The van der Waals surface area contributed by atoms with E-state index in [0.717, 1.165) is 16.7 Å². The minimum absolute atomic E-state index is 0.0440. The fourth-order valence-corrected chi connectivity index (χ4v) is 1.15. The third kappa shape index (κ3) is 2.68. The van der Waals surface area contributed by atoms with Crippen LogP contribution in [0.25, 0.3) is 6.08 Å². The van der Waals surface area contributed by atoms with Gasteiger partial charge in [0.15, 0.2) is 0 Å². The SMILES string of the molecule is Cc1ccc(C=CCO)cc1CO. The molecule has 0 saturated heterocycles. The van der Waals surface area contributed by atoms with Crippen molar-refractivity contribution in [1.82, 2.24) is 0 Å². The van der Waals surface area contributed by atoms with E-state index in [1.807, 2.05) is 31.2 Å². The Bertz CT molecular complexity index is 303. The van der Waals surface area contributed by atoms with Crippen LogP contribution >= 0.6 is 0 Å². The molecule has 0 spiro atoms. The van der Waals surface area contributed by atoms with Crippen molar-refractivity contribution < 1.29 is 10.2 Å². The number of hydrogen-bond acceptors (Lipinski definition) is 2. The summed E-state index contributed by atoms with van der Waals surface area (Å²) in [4.78, 5) is 0. The molecule has 1 aromatic rings. The van der Waals surface area contributed by atoms with Gasteiger partial charge in [0.2, 0.25) is 0 Å². The second-order valence-corrected chi connectivity index (χ2v) is 2.93. The Kier molecular flexibility index (Phi) is 3.68. The second-order valence-electron chi connectivity index (χ2n) is 2.93. The average Bonchev–Trinajstić information content (AvgIpc) is 2.16. The molecular weight excluding hydrogens is 164 g/mol. The molecule has 0 atom stereocenters. The molecule has 0 amide bonds. The van der Waals surface area contributed by atoms with E-state index < -0.39 is 0 Å². The van der Waals surface area contributed by atoms with Crippen LogP contribution < -0.4 is 0 Å². The number of benzene rings is 1. The molecule has 0 aliphatic rings. The second kappa shape index (κ2) is 4.80. The van der Waals surface area contributed by atoms with E-state index in [1.165, 1.54) is 0 Å². The van der Waals surface area contributed by atoms with Crippen molar-refractivity contribution in [2.75, 3.05) is 6.61 Å². The predicted molar refractivity (Wildman–Crippen MR) is 53.2 cm³/mol. The fourth-order valence-electron chi connectivity index (χ4n) is 1.15. The van der Waals surface area contributed by atoms with Gasteiger partial charge in [0.25, 0.3) is 0 Å². The first-order chi connectivity index (χ1) is 6.27. The van der Waals surface area contributed by atoms with Crippen LogP contribution in [0.5, 0.6) is 0 Å². The van der Waals surface area contributed by atoms with Gasteiger partial charge in [-0.3, -0.25) is 0 Å². The van der Waals surface area contributed by atoms with E-state index in [0.29, 0.717) is 0 Å². The van der Waals surface area contributed by atoms with Gasteiger partial charge in [-0.15, -0.1) is 0 Å². The number of aliphatic hydroxyl groups is 2. The van der Waals surface area contributed by atoms with Crippen molar-refractivity contribution >= 4 is 6.08 Å². The molecule has 0 radical (unpaired) electrons. The van der Waals surface area contributed by atoms with Crippen molar-refractivity contribution in [3.8, 4) is 0 Å². The van der Waals surface area contributed by atoms with Crippen LogP contribution in [0.3, 0.4) is 0 Å². The molecule has 1 rings (SSSR count). The molecular formula is C11H14O2. The predicted octanol–water partition coefficient (Wildman–Crippen LogP) is 1.49. The molecule has 70 valence electrons. The minimum atomic E-state index is 0.0440. The quantitative estimate of drug-likeness (QED) is 0.736. The summed E-state index contributed by atoms with van der Waals surface area (Å²) in [6, 6.07) is 5.84. The van der Waals surface area contributed by atoms with Crippen LogP contribution in [0.4, 0.5) is 0 Å². The Morgan fingerprint density at radius 2 is 2.08 bits per heavy atom. The summed E-state index contributed by atoms with van der Waals surface area (Å²) < 4.78 is 0. The van der Waals surface area contributed by atoms with Crippen molar-refractivity contribution in [1.29, 1.82) is 0 Å². The highest BCUT2D eigenvalue weighted by atomic mass is 16.3. The number of rotatable bonds is 3. The lowest BCUT2D eigenvalue weighted by Crippen LogP contribution is -1.88. The Balaban J connectivity index is 2.92. The van der Waals surface area contributed by atoms with Crippen molar-refractivity contribution in [2.24, 2.45) is 0 Å². The van der Waals surface area contributed by atoms with Gasteiger partial charge in [-0.25, -0.2) is 0 Å². The maximum Gasteiger partial charge on any atom is 0.0684 e. The monoisotopic (exact) mass is 178 g/mol. The highest BCUT2D eigenvalue weighted by molar-refractivity contribution is 5.51. The van der Waals surface area contributed by atoms with E-state index in [-0.39, 0.29) is 13.2 Å². The highest BCUT2D eigenvalue weighted by Gasteiger charge is 1.96. The first-order valence-corrected chi connectivity index (χ1v) is 4.25. The smallest absolute Gasteiger partial charge is 0.0684 e. The average molecular weight is 178 g/mol. The fraction of sp³-hybridized carbons (Fsp3) is 0.273. The van der Waals surface area contributed by atoms with Gasteiger partial charge in [-0.05, 0) is 29.7 Å². The largest absolute Gasteiger partial charge is 0.392 e. The molecule has 0 aromatic heterocycles. The summed E-state index contributed by atoms with van der Waals surface area (Å²) >= 11 is 0. The summed E-state index contributed by atoms with van der Waals surface area (Å²) in [6.45, 7) is 2.07. The molecule has 0 heterocycles. The molecule has 2 heteroatoms. The summed E-state index contributed by atoms with van der Waals surface area (Å²) in [7, 11) is 0. The standard InChI is InChI=1S/C11H14O2/c1-9-4-5-10(3-2-6-12)7-11(9)8-13/h2-5,7,12-13H,6,8H2,1H3. The van der Waals surface area contributed by atoms with Crippen LogP contribution in [0.15, 0.2) is 24.3 Å². The summed E-state index contributed by atoms with van der Waals surface area (Å²) in [5.41, 5.74) is 3.02. The van der Waals surface area contributed by atoms with Gasteiger partial charge >= 0.3 is 0 Å². The van der Waals surface area contributed by atoms with Crippen molar-refractivity contribution in [3.63, 3.8) is 0 Å².